The Morgan fingerprint density at radius 3 is 2.12 bits per heavy atom. The minimum absolute atomic E-state index is 0. The number of nitrogens with zero attached hydrogens (tertiary/aromatic N) is 3. The minimum Gasteiger partial charge on any atom is -0.507 e. The van der Waals surface area contributed by atoms with E-state index < -0.39 is 0 Å². The van der Waals surface area contributed by atoms with Crippen LogP contribution in [0.1, 0.15) is 24.0 Å². The molecule has 0 aliphatic rings. The van der Waals surface area contributed by atoms with Crippen molar-refractivity contribution in [3.05, 3.63) is 157 Å². The van der Waals surface area contributed by atoms with Gasteiger partial charge in [0.15, 0.2) is 0 Å². The number of benzene rings is 5. The molecule has 1 atom stereocenters. The zero-order valence-corrected chi connectivity index (χ0v) is 25.7. The van der Waals surface area contributed by atoms with Gasteiger partial charge >= 0.3 is 0 Å². The number of pyridine rings is 1. The summed E-state index contributed by atoms with van der Waals surface area (Å²) in [6, 6.07) is 48.2. The van der Waals surface area contributed by atoms with E-state index in [1.807, 2.05) is 72.8 Å². The molecule has 0 spiro atoms. The van der Waals surface area contributed by atoms with Gasteiger partial charge in [0.05, 0.1) is 16.6 Å². The first kappa shape index (κ1) is 28.3. The SMILES string of the molecule is CC(c1ccccc1)c1ccc(-c2[c-]c(-c3ccccn3)ccc2)c2nc(-c3ccccc3O)n(-c3ccccc3)c12.[Pt]. The molecule has 7 rings (SSSR count). The van der Waals surface area contributed by atoms with E-state index in [1.54, 1.807) is 12.3 Å². The van der Waals surface area contributed by atoms with Crippen LogP contribution in [0.3, 0.4) is 0 Å². The summed E-state index contributed by atoms with van der Waals surface area (Å²) in [5, 5.41) is 11.0. The molecule has 1 N–H and O–H groups in total. The molecule has 0 saturated carbocycles. The van der Waals surface area contributed by atoms with Crippen molar-refractivity contribution in [1.29, 1.82) is 0 Å². The second kappa shape index (κ2) is 12.2. The van der Waals surface area contributed by atoms with Crippen molar-refractivity contribution in [2.24, 2.45) is 0 Å². The number of para-hydroxylation sites is 2. The van der Waals surface area contributed by atoms with E-state index in [0.29, 0.717) is 11.4 Å². The third kappa shape index (κ3) is 5.31. The predicted octanol–water partition coefficient (Wildman–Crippen LogP) is 9.08. The Hall–Kier alpha value is -4.79. The van der Waals surface area contributed by atoms with Gasteiger partial charge in [-0.15, -0.1) is 29.8 Å². The summed E-state index contributed by atoms with van der Waals surface area (Å²) in [5.41, 5.74) is 9.58. The fourth-order valence-corrected chi connectivity index (χ4v) is 5.66. The molecule has 5 aromatic carbocycles. The summed E-state index contributed by atoms with van der Waals surface area (Å²) in [6.07, 6.45) is 1.80. The fraction of sp³-hybridized carbons (Fsp3) is 0.0526. The van der Waals surface area contributed by atoms with Gasteiger partial charge in [-0.3, -0.25) is 9.55 Å². The van der Waals surface area contributed by atoms with Crippen LogP contribution in [0.5, 0.6) is 5.75 Å². The number of fused-ring (bicyclic) bond motifs is 1. The largest absolute Gasteiger partial charge is 0.507 e. The van der Waals surface area contributed by atoms with Crippen molar-refractivity contribution < 1.29 is 26.2 Å². The summed E-state index contributed by atoms with van der Waals surface area (Å²) in [4.78, 5) is 9.85. The number of hydrogen-bond donors (Lipinski definition) is 1. The number of phenols is 1. The third-order valence-corrected chi connectivity index (χ3v) is 7.79. The molecule has 0 amide bonds. The Labute approximate surface area is 265 Å². The van der Waals surface area contributed by atoms with E-state index in [0.717, 1.165) is 44.7 Å². The van der Waals surface area contributed by atoms with Crippen LogP contribution in [0.25, 0.3) is 50.5 Å². The normalized spacial score (nSPS) is 11.7. The molecule has 0 aliphatic carbocycles. The molecule has 0 saturated heterocycles. The van der Waals surface area contributed by atoms with Crippen LogP contribution in [0, 0.1) is 6.07 Å². The summed E-state index contributed by atoms with van der Waals surface area (Å²) in [7, 11) is 0. The van der Waals surface area contributed by atoms with Crippen LogP contribution in [0.15, 0.2) is 140 Å². The van der Waals surface area contributed by atoms with Crippen LogP contribution in [0.2, 0.25) is 0 Å². The number of aromatic hydroxyl groups is 1. The van der Waals surface area contributed by atoms with Crippen molar-refractivity contribution in [2.75, 3.05) is 0 Å². The van der Waals surface area contributed by atoms with E-state index in [1.165, 1.54) is 5.56 Å². The van der Waals surface area contributed by atoms with E-state index in [2.05, 4.69) is 77.1 Å². The predicted molar refractivity (Wildman–Crippen MR) is 170 cm³/mol. The molecule has 43 heavy (non-hydrogen) atoms. The zero-order chi connectivity index (χ0) is 28.5. The molecule has 2 aromatic heterocycles. The zero-order valence-electron chi connectivity index (χ0n) is 23.5. The summed E-state index contributed by atoms with van der Waals surface area (Å²) in [5.74, 6) is 0.972. The first-order valence-corrected chi connectivity index (χ1v) is 14.1. The molecule has 0 radical (unpaired) electrons. The van der Waals surface area contributed by atoms with E-state index >= 15 is 0 Å². The maximum Gasteiger partial charge on any atom is 0.148 e. The summed E-state index contributed by atoms with van der Waals surface area (Å²) >= 11 is 0. The molecule has 7 aromatic rings. The van der Waals surface area contributed by atoms with Crippen LogP contribution in [0.4, 0.5) is 0 Å². The first-order valence-electron chi connectivity index (χ1n) is 14.1. The van der Waals surface area contributed by atoms with Crippen LogP contribution in [-0.2, 0) is 21.1 Å². The van der Waals surface area contributed by atoms with Crippen molar-refractivity contribution in [3.8, 4) is 45.2 Å². The molecule has 1 unspecified atom stereocenters. The number of phenolic OH excluding ortho intramolecular Hbond substituents is 1. The molecule has 4 nitrogen and oxygen atoms in total. The van der Waals surface area contributed by atoms with Gasteiger partial charge < -0.3 is 5.11 Å². The molecule has 212 valence electrons. The maximum atomic E-state index is 11.0. The van der Waals surface area contributed by atoms with Gasteiger partial charge in [0.2, 0.25) is 0 Å². The fourth-order valence-electron chi connectivity index (χ4n) is 5.66. The maximum absolute atomic E-state index is 11.0. The Bertz CT molecular complexity index is 2000. The number of imidazole rings is 1. The van der Waals surface area contributed by atoms with Gasteiger partial charge in [-0.25, -0.2) is 4.98 Å². The summed E-state index contributed by atoms with van der Waals surface area (Å²) in [6.45, 7) is 2.24. The van der Waals surface area contributed by atoms with Crippen molar-refractivity contribution in [3.63, 3.8) is 0 Å². The molecular formula is C38H28N3OPt-. The van der Waals surface area contributed by atoms with Crippen molar-refractivity contribution >= 4 is 11.0 Å². The van der Waals surface area contributed by atoms with E-state index in [9.17, 15) is 5.11 Å². The van der Waals surface area contributed by atoms with Gasteiger partial charge in [-0.05, 0) is 41.5 Å². The van der Waals surface area contributed by atoms with Crippen molar-refractivity contribution in [1.82, 2.24) is 14.5 Å². The molecular weight excluding hydrogens is 710 g/mol. The van der Waals surface area contributed by atoms with Gasteiger partial charge in [-0.1, -0.05) is 103 Å². The van der Waals surface area contributed by atoms with Crippen LogP contribution in [-0.4, -0.2) is 19.6 Å². The Morgan fingerprint density at radius 1 is 0.674 bits per heavy atom. The first-order chi connectivity index (χ1) is 20.7. The van der Waals surface area contributed by atoms with Gasteiger partial charge in [-0.2, -0.15) is 0 Å². The summed E-state index contributed by atoms with van der Waals surface area (Å²) < 4.78 is 2.19. The third-order valence-electron chi connectivity index (χ3n) is 7.79. The topological polar surface area (TPSA) is 50.9 Å². The Morgan fingerprint density at radius 2 is 1.37 bits per heavy atom. The second-order valence-corrected chi connectivity index (χ2v) is 10.3. The minimum atomic E-state index is 0. The van der Waals surface area contributed by atoms with Gasteiger partial charge in [0, 0.05) is 44.6 Å². The van der Waals surface area contributed by atoms with Crippen molar-refractivity contribution in [2.45, 2.75) is 12.8 Å². The van der Waals surface area contributed by atoms with Crippen LogP contribution < -0.4 is 0 Å². The quantitative estimate of drug-likeness (QED) is 0.173. The second-order valence-electron chi connectivity index (χ2n) is 10.3. The van der Waals surface area contributed by atoms with Gasteiger partial charge in [0.25, 0.3) is 0 Å². The molecule has 2 heterocycles. The number of rotatable bonds is 6. The smallest absolute Gasteiger partial charge is 0.148 e. The standard InChI is InChI=1S/C38H28N3O.Pt/c1-26(27-13-4-2-5-14-27)31-22-23-32(28-15-12-16-29(25-28)34-20-10-11-24-39-34)36-37(31)41(30-17-6-3-7-18-30)38(40-36)33-19-8-9-21-35(33)42;/h2-24,26,42H,1H3;/q-1;. The molecule has 0 aliphatic heterocycles. The van der Waals surface area contributed by atoms with E-state index in [4.69, 9.17) is 4.98 Å². The molecule has 0 bridgehead atoms. The molecule has 5 heteroatoms. The number of hydrogen-bond acceptors (Lipinski definition) is 3. The van der Waals surface area contributed by atoms with Crippen LogP contribution >= 0.6 is 0 Å². The average Bonchev–Trinajstić information content (AvgIpc) is 3.46. The molecule has 0 fully saturated rings. The Kier molecular flexibility index (Phi) is 8.05. The monoisotopic (exact) mass is 737 g/mol. The van der Waals surface area contributed by atoms with E-state index in [-0.39, 0.29) is 32.7 Å². The average molecular weight is 738 g/mol. The Balaban J connectivity index is 0.00000329. The number of aromatic nitrogens is 3. The van der Waals surface area contributed by atoms with Gasteiger partial charge in [0.1, 0.15) is 11.6 Å².